The minimum atomic E-state index is -0.599. The van der Waals surface area contributed by atoms with Crippen molar-refractivity contribution in [3.8, 4) is 0 Å². The van der Waals surface area contributed by atoms with Gasteiger partial charge in [-0.15, -0.1) is 0 Å². The predicted molar refractivity (Wildman–Crippen MR) is 120 cm³/mol. The number of carbonyl (C=O) groups is 3. The molecule has 0 aliphatic carbocycles. The van der Waals surface area contributed by atoms with Gasteiger partial charge in [0.15, 0.2) is 0 Å². The summed E-state index contributed by atoms with van der Waals surface area (Å²) in [6, 6.07) is 17.5. The first kappa shape index (κ1) is 21.8. The molecule has 3 amide bonds. The highest BCUT2D eigenvalue weighted by Gasteiger charge is 2.17. The van der Waals surface area contributed by atoms with Gasteiger partial charge in [-0.1, -0.05) is 51.3 Å². The Bertz CT molecular complexity index is 1120. The fourth-order valence-corrected chi connectivity index (χ4v) is 3.27. The van der Waals surface area contributed by atoms with Gasteiger partial charge in [-0.2, -0.15) is 0 Å². The predicted octanol–water partition coefficient (Wildman–Crippen LogP) is 5.08. The highest BCUT2D eigenvalue weighted by atomic mass is 79.9. The minimum absolute atomic E-state index is 0.159. The van der Waals surface area contributed by atoms with Crippen LogP contribution in [-0.2, 0) is 0 Å². The molecule has 0 spiro atoms. The monoisotopic (exact) mass is 505 g/mol. The van der Waals surface area contributed by atoms with Gasteiger partial charge < -0.3 is 5.32 Å². The molecule has 0 radical (unpaired) electrons. The van der Waals surface area contributed by atoms with Crippen LogP contribution in [0.1, 0.15) is 31.1 Å². The first-order chi connectivity index (χ1) is 14.3. The van der Waals surface area contributed by atoms with Gasteiger partial charge >= 0.3 is 0 Å². The van der Waals surface area contributed by atoms with E-state index in [1.807, 2.05) is 0 Å². The Morgan fingerprint density at radius 3 is 2.10 bits per heavy atom. The molecule has 0 aliphatic heterocycles. The first-order valence-corrected chi connectivity index (χ1v) is 10.1. The van der Waals surface area contributed by atoms with Crippen molar-refractivity contribution >= 4 is 62.5 Å². The van der Waals surface area contributed by atoms with E-state index in [1.165, 1.54) is 18.2 Å². The van der Waals surface area contributed by atoms with Crippen LogP contribution in [0.4, 0.5) is 5.69 Å². The van der Waals surface area contributed by atoms with E-state index in [2.05, 4.69) is 32.1 Å². The Labute approximate surface area is 190 Å². The number of anilines is 1. The number of hydrogen-bond donors (Lipinski definition) is 3. The van der Waals surface area contributed by atoms with Crippen molar-refractivity contribution in [3.05, 3.63) is 97.9 Å². The lowest BCUT2D eigenvalue weighted by molar-refractivity contribution is 0.0847. The third kappa shape index (κ3) is 5.38. The van der Waals surface area contributed by atoms with E-state index in [9.17, 15) is 14.4 Å². The van der Waals surface area contributed by atoms with Crippen LogP contribution in [0.3, 0.4) is 0 Å². The van der Waals surface area contributed by atoms with Crippen molar-refractivity contribution in [2.75, 3.05) is 5.32 Å². The van der Waals surface area contributed by atoms with Crippen LogP contribution in [-0.4, -0.2) is 17.7 Å². The van der Waals surface area contributed by atoms with Gasteiger partial charge in [-0.3, -0.25) is 25.2 Å². The zero-order valence-corrected chi connectivity index (χ0v) is 18.3. The van der Waals surface area contributed by atoms with Crippen LogP contribution in [0, 0.1) is 0 Å². The molecule has 0 fully saturated rings. The minimum Gasteiger partial charge on any atom is -0.321 e. The Kier molecular flexibility index (Phi) is 7.10. The molecule has 30 heavy (non-hydrogen) atoms. The standard InChI is InChI=1S/C21H14BrCl2N3O3/c22-13-7-5-12(6-8-13)19(28)26-27-21(30)16-3-1-2-4-18(16)25-20(29)15-10-9-14(23)11-17(15)24/h1-11H,(H,25,29)(H,26,28)(H,27,30). The first-order valence-electron chi connectivity index (χ1n) is 8.57. The summed E-state index contributed by atoms with van der Waals surface area (Å²) >= 11 is 15.2. The lowest BCUT2D eigenvalue weighted by Gasteiger charge is -2.13. The molecule has 152 valence electrons. The van der Waals surface area contributed by atoms with Crippen molar-refractivity contribution in [2.45, 2.75) is 0 Å². The summed E-state index contributed by atoms with van der Waals surface area (Å²) in [5, 5.41) is 3.23. The summed E-state index contributed by atoms with van der Waals surface area (Å²) in [6.45, 7) is 0. The molecule has 3 aromatic rings. The number of para-hydroxylation sites is 1. The second-order valence-electron chi connectivity index (χ2n) is 6.04. The molecule has 9 heteroatoms. The molecule has 0 atom stereocenters. The number of hydrazine groups is 1. The number of halogens is 3. The highest BCUT2D eigenvalue weighted by Crippen LogP contribution is 2.23. The van der Waals surface area contributed by atoms with E-state index >= 15 is 0 Å². The number of nitrogens with one attached hydrogen (secondary N) is 3. The van der Waals surface area contributed by atoms with Crippen LogP contribution in [0.2, 0.25) is 10.0 Å². The summed E-state index contributed by atoms with van der Waals surface area (Å²) in [6.07, 6.45) is 0. The average Bonchev–Trinajstić information content (AvgIpc) is 2.72. The third-order valence-electron chi connectivity index (χ3n) is 3.99. The van der Waals surface area contributed by atoms with Crippen LogP contribution in [0.15, 0.2) is 71.2 Å². The van der Waals surface area contributed by atoms with E-state index in [0.717, 1.165) is 4.47 Å². The number of carbonyl (C=O) groups excluding carboxylic acids is 3. The average molecular weight is 507 g/mol. The number of hydrogen-bond acceptors (Lipinski definition) is 3. The number of amides is 3. The molecule has 3 aromatic carbocycles. The molecular formula is C21H14BrCl2N3O3. The van der Waals surface area contributed by atoms with E-state index in [0.29, 0.717) is 10.6 Å². The smallest absolute Gasteiger partial charge is 0.271 e. The van der Waals surface area contributed by atoms with Crippen LogP contribution in [0.25, 0.3) is 0 Å². The second kappa shape index (κ2) is 9.75. The van der Waals surface area contributed by atoms with E-state index < -0.39 is 17.7 Å². The van der Waals surface area contributed by atoms with Crippen LogP contribution >= 0.6 is 39.1 Å². The van der Waals surface area contributed by atoms with Gasteiger partial charge in [0.2, 0.25) is 0 Å². The van der Waals surface area contributed by atoms with Gasteiger partial charge in [0, 0.05) is 15.1 Å². The third-order valence-corrected chi connectivity index (χ3v) is 5.07. The summed E-state index contributed by atoms with van der Waals surface area (Å²) in [5.74, 6) is -1.58. The van der Waals surface area contributed by atoms with Crippen LogP contribution in [0.5, 0.6) is 0 Å². The molecule has 0 bridgehead atoms. The summed E-state index contributed by atoms with van der Waals surface area (Å²) < 4.78 is 0.827. The molecule has 3 N–H and O–H groups in total. The Morgan fingerprint density at radius 2 is 1.40 bits per heavy atom. The molecular weight excluding hydrogens is 493 g/mol. The SMILES string of the molecule is O=C(NNC(=O)c1ccccc1NC(=O)c1ccc(Cl)cc1Cl)c1ccc(Br)cc1. The molecule has 0 unspecified atom stereocenters. The van der Waals surface area contributed by atoms with Crippen molar-refractivity contribution in [2.24, 2.45) is 0 Å². The Balaban J connectivity index is 1.71. The lowest BCUT2D eigenvalue weighted by atomic mass is 10.1. The fraction of sp³-hybridized carbons (Fsp3) is 0. The Hall–Kier alpha value is -2.87. The maximum Gasteiger partial charge on any atom is 0.271 e. The number of rotatable bonds is 4. The Morgan fingerprint density at radius 1 is 0.733 bits per heavy atom. The quantitative estimate of drug-likeness (QED) is 0.431. The van der Waals surface area contributed by atoms with Gasteiger partial charge in [-0.25, -0.2) is 0 Å². The van der Waals surface area contributed by atoms with Gasteiger partial charge in [0.05, 0.1) is 21.8 Å². The largest absolute Gasteiger partial charge is 0.321 e. The van der Waals surface area contributed by atoms with Crippen molar-refractivity contribution in [1.29, 1.82) is 0 Å². The number of benzene rings is 3. The van der Waals surface area contributed by atoms with E-state index in [-0.39, 0.29) is 21.8 Å². The summed E-state index contributed by atoms with van der Waals surface area (Å²) in [4.78, 5) is 37.3. The van der Waals surface area contributed by atoms with Crippen molar-refractivity contribution in [3.63, 3.8) is 0 Å². The van der Waals surface area contributed by atoms with Crippen LogP contribution < -0.4 is 16.2 Å². The molecule has 0 aliphatic rings. The van der Waals surface area contributed by atoms with Gasteiger partial charge in [0.25, 0.3) is 17.7 Å². The van der Waals surface area contributed by atoms with Crippen molar-refractivity contribution < 1.29 is 14.4 Å². The molecule has 0 saturated carbocycles. The van der Waals surface area contributed by atoms with E-state index in [4.69, 9.17) is 23.2 Å². The molecule has 3 rings (SSSR count). The lowest BCUT2D eigenvalue weighted by Crippen LogP contribution is -2.41. The normalized spacial score (nSPS) is 10.2. The fourth-order valence-electron chi connectivity index (χ4n) is 2.51. The molecule has 0 heterocycles. The summed E-state index contributed by atoms with van der Waals surface area (Å²) in [7, 11) is 0. The molecule has 6 nitrogen and oxygen atoms in total. The maximum atomic E-state index is 12.6. The molecule has 0 saturated heterocycles. The van der Waals surface area contributed by atoms with Crippen molar-refractivity contribution in [1.82, 2.24) is 10.9 Å². The molecule has 0 aromatic heterocycles. The van der Waals surface area contributed by atoms with E-state index in [1.54, 1.807) is 48.5 Å². The second-order valence-corrected chi connectivity index (χ2v) is 7.80. The maximum absolute atomic E-state index is 12.6. The topological polar surface area (TPSA) is 87.3 Å². The van der Waals surface area contributed by atoms with Gasteiger partial charge in [0.1, 0.15) is 0 Å². The summed E-state index contributed by atoms with van der Waals surface area (Å²) in [5.41, 5.74) is 5.67. The highest BCUT2D eigenvalue weighted by molar-refractivity contribution is 9.10. The zero-order valence-electron chi connectivity index (χ0n) is 15.2. The van der Waals surface area contributed by atoms with Gasteiger partial charge in [-0.05, 0) is 54.6 Å². The zero-order chi connectivity index (χ0) is 21.7.